The molecule has 6 nitrogen and oxygen atoms in total. The second kappa shape index (κ2) is 7.97. The summed E-state index contributed by atoms with van der Waals surface area (Å²) in [5.74, 6) is 1.26. The van der Waals surface area contributed by atoms with Gasteiger partial charge in [-0.1, -0.05) is 25.4 Å². The number of methoxy groups -OCH3 is 1. The normalized spacial score (nSPS) is 10.6. The third-order valence-corrected chi connectivity index (χ3v) is 3.72. The van der Waals surface area contributed by atoms with Crippen LogP contribution in [0.15, 0.2) is 24.3 Å². The highest BCUT2D eigenvalue weighted by Gasteiger charge is 2.11. The zero-order valence-corrected chi connectivity index (χ0v) is 14.9. The summed E-state index contributed by atoms with van der Waals surface area (Å²) in [5.41, 5.74) is 1.92. The van der Waals surface area contributed by atoms with Gasteiger partial charge in [-0.05, 0) is 36.6 Å². The molecule has 24 heavy (non-hydrogen) atoms. The molecule has 0 aliphatic carbocycles. The van der Waals surface area contributed by atoms with Crippen molar-refractivity contribution in [2.45, 2.75) is 20.8 Å². The van der Waals surface area contributed by atoms with Crippen LogP contribution in [0, 0.1) is 12.8 Å². The number of anilines is 2. The van der Waals surface area contributed by atoms with Crippen LogP contribution in [0.3, 0.4) is 0 Å². The summed E-state index contributed by atoms with van der Waals surface area (Å²) in [5, 5.41) is 14.5. The van der Waals surface area contributed by atoms with Gasteiger partial charge in [0.1, 0.15) is 5.75 Å². The Morgan fingerprint density at radius 1 is 1.29 bits per heavy atom. The van der Waals surface area contributed by atoms with E-state index in [4.69, 9.17) is 16.3 Å². The van der Waals surface area contributed by atoms with Crippen molar-refractivity contribution in [2.75, 3.05) is 19.0 Å². The molecule has 0 bridgehead atoms. The molecule has 0 spiro atoms. The second-order valence-electron chi connectivity index (χ2n) is 5.83. The van der Waals surface area contributed by atoms with E-state index >= 15 is 0 Å². The molecule has 0 saturated carbocycles. The van der Waals surface area contributed by atoms with Crippen molar-refractivity contribution in [2.24, 2.45) is 5.92 Å². The Morgan fingerprint density at radius 3 is 2.62 bits per heavy atom. The predicted molar refractivity (Wildman–Crippen MR) is 95.2 cm³/mol. The lowest BCUT2D eigenvalue weighted by molar-refractivity contribution is 0.0943. The molecule has 7 heteroatoms. The molecule has 128 valence electrons. The monoisotopic (exact) mass is 348 g/mol. The van der Waals surface area contributed by atoms with Gasteiger partial charge in [0.05, 0.1) is 12.8 Å². The van der Waals surface area contributed by atoms with Gasteiger partial charge in [0.2, 0.25) is 0 Å². The van der Waals surface area contributed by atoms with Crippen molar-refractivity contribution in [1.29, 1.82) is 0 Å². The minimum atomic E-state index is -0.234. The smallest absolute Gasteiger partial charge is 0.271 e. The molecular formula is C17H21ClN4O2. The summed E-state index contributed by atoms with van der Waals surface area (Å²) in [4.78, 5) is 11.9. The molecule has 1 amide bonds. The highest BCUT2D eigenvalue weighted by molar-refractivity contribution is 6.31. The van der Waals surface area contributed by atoms with E-state index in [9.17, 15) is 4.79 Å². The molecule has 0 radical (unpaired) electrons. The van der Waals surface area contributed by atoms with Crippen molar-refractivity contribution >= 4 is 29.0 Å². The fraction of sp³-hybridized carbons (Fsp3) is 0.353. The molecule has 2 aromatic rings. The predicted octanol–water partition coefficient (Wildman–Crippen LogP) is 3.58. The van der Waals surface area contributed by atoms with Gasteiger partial charge in [0.15, 0.2) is 11.5 Å². The van der Waals surface area contributed by atoms with Crippen LogP contribution < -0.4 is 15.4 Å². The third kappa shape index (κ3) is 4.58. The Balaban J connectivity index is 2.12. The average molecular weight is 349 g/mol. The molecule has 0 fully saturated rings. The molecule has 1 heterocycles. The van der Waals surface area contributed by atoms with E-state index in [1.165, 1.54) is 0 Å². The van der Waals surface area contributed by atoms with Crippen LogP contribution in [0.25, 0.3) is 0 Å². The number of amides is 1. The number of hydrogen-bond donors (Lipinski definition) is 2. The Kier molecular flexibility index (Phi) is 5.98. The first kappa shape index (κ1) is 18.0. The first-order valence-electron chi connectivity index (χ1n) is 7.63. The van der Waals surface area contributed by atoms with Crippen molar-refractivity contribution in [1.82, 2.24) is 15.5 Å². The molecule has 1 aromatic carbocycles. The Bertz CT molecular complexity index is 717. The molecule has 1 aromatic heterocycles. The molecule has 0 aliphatic rings. The summed E-state index contributed by atoms with van der Waals surface area (Å²) in [6, 6.07) is 6.92. The molecule has 0 unspecified atom stereocenters. The van der Waals surface area contributed by atoms with Crippen LogP contribution >= 0.6 is 11.6 Å². The number of aryl methyl sites for hydroxylation is 1. The lowest BCUT2D eigenvalue weighted by Crippen LogP contribution is -2.28. The highest BCUT2D eigenvalue weighted by Crippen LogP contribution is 2.32. The van der Waals surface area contributed by atoms with Crippen LogP contribution in [0.2, 0.25) is 5.02 Å². The minimum absolute atomic E-state index is 0.234. The largest absolute Gasteiger partial charge is 0.495 e. The summed E-state index contributed by atoms with van der Waals surface area (Å²) in [6.07, 6.45) is 0. The van der Waals surface area contributed by atoms with E-state index in [0.29, 0.717) is 29.1 Å². The van der Waals surface area contributed by atoms with E-state index in [-0.39, 0.29) is 11.6 Å². The minimum Gasteiger partial charge on any atom is -0.495 e. The first-order chi connectivity index (χ1) is 11.4. The number of rotatable bonds is 6. The number of aromatic nitrogens is 2. The Morgan fingerprint density at radius 2 is 2.04 bits per heavy atom. The van der Waals surface area contributed by atoms with E-state index in [1.54, 1.807) is 25.3 Å². The van der Waals surface area contributed by atoms with Gasteiger partial charge in [-0.15, -0.1) is 10.2 Å². The van der Waals surface area contributed by atoms with Gasteiger partial charge in [-0.3, -0.25) is 4.79 Å². The number of ether oxygens (including phenoxy) is 1. The van der Waals surface area contributed by atoms with E-state index in [1.807, 2.05) is 26.8 Å². The third-order valence-electron chi connectivity index (χ3n) is 3.31. The SMILES string of the molecule is COc1cc(Cl)c(C)cc1Nc1ccc(C(=O)NCC(C)C)nn1. The summed E-state index contributed by atoms with van der Waals surface area (Å²) in [6.45, 7) is 6.56. The molecular weight excluding hydrogens is 328 g/mol. The fourth-order valence-electron chi connectivity index (χ4n) is 1.98. The molecule has 0 atom stereocenters. The van der Waals surface area contributed by atoms with Crippen LogP contribution in [0.1, 0.15) is 29.9 Å². The van der Waals surface area contributed by atoms with E-state index in [2.05, 4.69) is 20.8 Å². The summed E-state index contributed by atoms with van der Waals surface area (Å²) >= 11 is 6.09. The summed E-state index contributed by atoms with van der Waals surface area (Å²) < 4.78 is 5.31. The van der Waals surface area contributed by atoms with Gasteiger partial charge in [0, 0.05) is 17.6 Å². The van der Waals surface area contributed by atoms with Crippen molar-refractivity contribution in [3.8, 4) is 5.75 Å². The van der Waals surface area contributed by atoms with E-state index in [0.717, 1.165) is 11.3 Å². The van der Waals surface area contributed by atoms with Crippen LogP contribution in [-0.4, -0.2) is 29.8 Å². The molecule has 0 aliphatic heterocycles. The number of nitrogens with one attached hydrogen (secondary N) is 2. The lowest BCUT2D eigenvalue weighted by Gasteiger charge is -2.12. The van der Waals surface area contributed by atoms with Gasteiger partial charge < -0.3 is 15.4 Å². The van der Waals surface area contributed by atoms with E-state index < -0.39 is 0 Å². The zero-order chi connectivity index (χ0) is 17.7. The topological polar surface area (TPSA) is 76.1 Å². The number of benzene rings is 1. The average Bonchev–Trinajstić information content (AvgIpc) is 2.56. The maximum Gasteiger partial charge on any atom is 0.271 e. The molecule has 2 N–H and O–H groups in total. The van der Waals surface area contributed by atoms with Gasteiger partial charge in [0.25, 0.3) is 5.91 Å². The molecule has 0 saturated heterocycles. The number of hydrogen-bond acceptors (Lipinski definition) is 5. The van der Waals surface area contributed by atoms with Gasteiger partial charge in [-0.2, -0.15) is 0 Å². The first-order valence-corrected chi connectivity index (χ1v) is 8.01. The zero-order valence-electron chi connectivity index (χ0n) is 14.2. The van der Waals surface area contributed by atoms with Gasteiger partial charge in [-0.25, -0.2) is 0 Å². The molecule has 2 rings (SSSR count). The Hall–Kier alpha value is -2.34. The highest BCUT2D eigenvalue weighted by atomic mass is 35.5. The van der Waals surface area contributed by atoms with Crippen molar-refractivity contribution < 1.29 is 9.53 Å². The second-order valence-corrected chi connectivity index (χ2v) is 6.24. The van der Waals surface area contributed by atoms with Crippen molar-refractivity contribution in [3.05, 3.63) is 40.5 Å². The maximum absolute atomic E-state index is 11.9. The number of halogens is 1. The van der Waals surface area contributed by atoms with Crippen LogP contribution in [0.5, 0.6) is 5.75 Å². The van der Waals surface area contributed by atoms with Crippen molar-refractivity contribution in [3.63, 3.8) is 0 Å². The maximum atomic E-state index is 11.9. The lowest BCUT2D eigenvalue weighted by atomic mass is 10.2. The number of carbonyl (C=O) groups excluding carboxylic acids is 1. The standard InChI is InChI=1S/C17H21ClN4O2/c1-10(2)9-19-17(23)13-5-6-16(22-21-13)20-14-7-11(3)12(18)8-15(14)24-4/h5-8,10H,9H2,1-4H3,(H,19,23)(H,20,22). The van der Waals surface area contributed by atoms with Gasteiger partial charge >= 0.3 is 0 Å². The Labute approximate surface area is 146 Å². The number of nitrogens with zero attached hydrogens (tertiary/aromatic N) is 2. The number of carbonyl (C=O) groups is 1. The quantitative estimate of drug-likeness (QED) is 0.834. The van der Waals surface area contributed by atoms with Crippen LogP contribution in [0.4, 0.5) is 11.5 Å². The fourth-order valence-corrected chi connectivity index (χ4v) is 2.13. The van der Waals surface area contributed by atoms with Crippen LogP contribution in [-0.2, 0) is 0 Å². The summed E-state index contributed by atoms with van der Waals surface area (Å²) in [7, 11) is 1.57.